The van der Waals surface area contributed by atoms with Gasteiger partial charge in [-0.2, -0.15) is 0 Å². The Hall–Kier alpha value is -1.89. The molecule has 6 nitrogen and oxygen atoms in total. The monoisotopic (exact) mass is 350 g/mol. The van der Waals surface area contributed by atoms with Crippen LogP contribution in [0.2, 0.25) is 0 Å². The molecule has 0 radical (unpaired) electrons. The van der Waals surface area contributed by atoms with Gasteiger partial charge in [-0.25, -0.2) is 8.42 Å². The summed E-state index contributed by atoms with van der Waals surface area (Å²) in [6, 6.07) is 9.24. The second-order valence-electron chi connectivity index (χ2n) is 6.58. The van der Waals surface area contributed by atoms with Gasteiger partial charge < -0.3 is 10.2 Å². The van der Waals surface area contributed by atoms with Crippen LogP contribution in [0, 0.1) is 11.8 Å². The Morgan fingerprint density at radius 1 is 1.08 bits per heavy atom. The highest BCUT2D eigenvalue weighted by Gasteiger charge is 2.37. The van der Waals surface area contributed by atoms with Gasteiger partial charge in [0.2, 0.25) is 11.8 Å². The quantitative estimate of drug-likeness (QED) is 0.891. The number of rotatable bonds is 3. The van der Waals surface area contributed by atoms with E-state index in [9.17, 15) is 18.0 Å². The van der Waals surface area contributed by atoms with Crippen molar-refractivity contribution in [3.05, 3.63) is 30.3 Å². The number of nitrogens with zero attached hydrogens (tertiary/aromatic N) is 1. The van der Waals surface area contributed by atoms with Crippen molar-refractivity contribution in [3.63, 3.8) is 0 Å². The van der Waals surface area contributed by atoms with E-state index in [0.29, 0.717) is 19.5 Å². The van der Waals surface area contributed by atoms with Gasteiger partial charge in [0.05, 0.1) is 23.3 Å². The molecule has 0 bridgehead atoms. The van der Waals surface area contributed by atoms with E-state index < -0.39 is 15.8 Å². The zero-order valence-electron chi connectivity index (χ0n) is 13.5. The van der Waals surface area contributed by atoms with Gasteiger partial charge >= 0.3 is 0 Å². The maximum Gasteiger partial charge on any atom is 0.229 e. The number of hydrogen-bond donors (Lipinski definition) is 1. The zero-order valence-corrected chi connectivity index (χ0v) is 14.3. The lowest BCUT2D eigenvalue weighted by atomic mass is 9.95. The molecule has 0 aromatic heterocycles. The molecule has 2 atom stereocenters. The van der Waals surface area contributed by atoms with Crippen LogP contribution in [0.4, 0.5) is 5.69 Å². The summed E-state index contributed by atoms with van der Waals surface area (Å²) in [6.45, 7) is 0.971. The van der Waals surface area contributed by atoms with Crippen LogP contribution in [0.3, 0.4) is 0 Å². The van der Waals surface area contributed by atoms with Crippen LogP contribution in [0.25, 0.3) is 0 Å². The molecule has 2 amide bonds. The van der Waals surface area contributed by atoms with Crippen molar-refractivity contribution in [1.29, 1.82) is 0 Å². The molecule has 3 rings (SSSR count). The Morgan fingerprint density at radius 3 is 2.50 bits per heavy atom. The van der Waals surface area contributed by atoms with Crippen molar-refractivity contribution >= 4 is 27.3 Å². The number of likely N-dealkylation sites (tertiary alicyclic amines) is 1. The molecule has 24 heavy (non-hydrogen) atoms. The molecule has 7 heteroatoms. The second-order valence-corrected chi connectivity index (χ2v) is 8.81. The van der Waals surface area contributed by atoms with Gasteiger partial charge in [0.25, 0.3) is 0 Å². The van der Waals surface area contributed by atoms with Crippen LogP contribution in [0.15, 0.2) is 30.3 Å². The first-order chi connectivity index (χ1) is 11.4. The van der Waals surface area contributed by atoms with Gasteiger partial charge in [-0.3, -0.25) is 9.59 Å². The number of benzene rings is 1. The number of hydrogen-bond acceptors (Lipinski definition) is 4. The minimum Gasteiger partial charge on any atom is -0.342 e. The van der Waals surface area contributed by atoms with Crippen LogP contribution in [0.1, 0.15) is 19.3 Å². The first-order valence-electron chi connectivity index (χ1n) is 8.30. The summed E-state index contributed by atoms with van der Waals surface area (Å²) >= 11 is 0. The van der Waals surface area contributed by atoms with E-state index in [0.717, 1.165) is 18.5 Å². The third-order valence-corrected chi connectivity index (χ3v) is 6.49. The maximum atomic E-state index is 12.5. The van der Waals surface area contributed by atoms with Crippen LogP contribution in [-0.2, 0) is 19.4 Å². The van der Waals surface area contributed by atoms with E-state index in [1.165, 1.54) is 0 Å². The number of para-hydroxylation sites is 1. The first kappa shape index (κ1) is 17.0. The van der Waals surface area contributed by atoms with Crippen molar-refractivity contribution in [2.45, 2.75) is 19.3 Å². The Bertz CT molecular complexity index is 717. The summed E-state index contributed by atoms with van der Waals surface area (Å²) in [4.78, 5) is 26.6. The smallest absolute Gasteiger partial charge is 0.229 e. The van der Waals surface area contributed by atoms with E-state index in [1.54, 1.807) is 4.90 Å². The molecule has 1 aromatic carbocycles. The normalized spacial score (nSPS) is 26.1. The lowest BCUT2D eigenvalue weighted by molar-refractivity contribution is -0.137. The first-order valence-corrected chi connectivity index (χ1v) is 10.1. The predicted octanol–water partition coefficient (Wildman–Crippen LogP) is 1.30. The minimum atomic E-state index is -3.08. The van der Waals surface area contributed by atoms with Gasteiger partial charge in [0.15, 0.2) is 9.84 Å². The van der Waals surface area contributed by atoms with Crippen molar-refractivity contribution in [2.24, 2.45) is 11.8 Å². The number of piperidine rings is 1. The van der Waals surface area contributed by atoms with E-state index >= 15 is 0 Å². The molecule has 2 saturated heterocycles. The minimum absolute atomic E-state index is 0.0524. The third-order valence-electron chi connectivity index (χ3n) is 4.73. The van der Waals surface area contributed by atoms with E-state index in [2.05, 4.69) is 5.32 Å². The zero-order chi connectivity index (χ0) is 17.2. The Kier molecular flexibility index (Phi) is 4.89. The van der Waals surface area contributed by atoms with Crippen LogP contribution < -0.4 is 5.32 Å². The molecular formula is C17H22N2O4S. The number of carbonyl (C=O) groups is 2. The van der Waals surface area contributed by atoms with E-state index in [-0.39, 0.29) is 29.2 Å². The molecule has 2 aliphatic heterocycles. The Labute approximate surface area is 142 Å². The second kappa shape index (κ2) is 6.93. The SMILES string of the molecule is O=C(Nc1ccccc1)[C@@H]1CCCN(C(=O)[C@@H]2CCS(=O)(=O)C2)C1. The molecule has 0 unspecified atom stereocenters. The van der Waals surface area contributed by atoms with Crippen molar-refractivity contribution in [2.75, 3.05) is 29.9 Å². The van der Waals surface area contributed by atoms with Gasteiger partial charge in [-0.05, 0) is 31.4 Å². The van der Waals surface area contributed by atoms with Crippen LogP contribution in [0.5, 0.6) is 0 Å². The fraction of sp³-hybridized carbons (Fsp3) is 0.529. The molecule has 2 fully saturated rings. The molecule has 0 saturated carbocycles. The van der Waals surface area contributed by atoms with Crippen LogP contribution in [-0.4, -0.2) is 49.7 Å². The summed E-state index contributed by atoms with van der Waals surface area (Å²) in [7, 11) is -3.08. The topological polar surface area (TPSA) is 83.6 Å². The summed E-state index contributed by atoms with van der Waals surface area (Å²) in [5.41, 5.74) is 0.743. The van der Waals surface area contributed by atoms with Gasteiger partial charge in [-0.1, -0.05) is 18.2 Å². The molecule has 1 aromatic rings. The molecule has 2 heterocycles. The lowest BCUT2D eigenvalue weighted by Gasteiger charge is -2.33. The molecular weight excluding hydrogens is 328 g/mol. The standard InChI is InChI=1S/C17H22N2O4S/c20-16(18-15-6-2-1-3-7-15)13-5-4-9-19(11-13)17(21)14-8-10-24(22,23)12-14/h1-3,6-7,13-14H,4-5,8-12H2,(H,18,20)/t13-,14-/m1/s1. The summed E-state index contributed by atoms with van der Waals surface area (Å²) in [5, 5.41) is 2.88. The van der Waals surface area contributed by atoms with Gasteiger partial charge in [0, 0.05) is 18.8 Å². The Balaban J connectivity index is 1.60. The van der Waals surface area contributed by atoms with Crippen LogP contribution >= 0.6 is 0 Å². The van der Waals surface area contributed by atoms with Gasteiger partial charge in [-0.15, -0.1) is 0 Å². The number of sulfone groups is 1. The molecule has 1 N–H and O–H groups in total. The average molecular weight is 350 g/mol. The third kappa shape index (κ3) is 3.95. The highest BCUT2D eigenvalue weighted by Crippen LogP contribution is 2.25. The fourth-order valence-electron chi connectivity index (χ4n) is 3.41. The fourth-order valence-corrected chi connectivity index (χ4v) is 5.14. The average Bonchev–Trinajstić information content (AvgIpc) is 2.95. The van der Waals surface area contributed by atoms with E-state index in [1.807, 2.05) is 30.3 Å². The number of carbonyl (C=O) groups excluding carboxylic acids is 2. The van der Waals surface area contributed by atoms with Crippen molar-refractivity contribution in [1.82, 2.24) is 4.90 Å². The summed E-state index contributed by atoms with van der Waals surface area (Å²) < 4.78 is 23.1. The number of amides is 2. The lowest BCUT2D eigenvalue weighted by Crippen LogP contribution is -2.46. The van der Waals surface area contributed by atoms with Gasteiger partial charge in [0.1, 0.15) is 0 Å². The predicted molar refractivity (Wildman–Crippen MR) is 91.1 cm³/mol. The van der Waals surface area contributed by atoms with Crippen molar-refractivity contribution in [3.8, 4) is 0 Å². The Morgan fingerprint density at radius 2 is 1.83 bits per heavy atom. The largest absolute Gasteiger partial charge is 0.342 e. The number of nitrogens with one attached hydrogen (secondary N) is 1. The highest BCUT2D eigenvalue weighted by molar-refractivity contribution is 7.91. The summed E-state index contributed by atoms with van der Waals surface area (Å²) in [6.07, 6.45) is 1.90. The molecule has 0 aliphatic carbocycles. The number of anilines is 1. The molecule has 0 spiro atoms. The highest BCUT2D eigenvalue weighted by atomic mass is 32.2. The molecule has 2 aliphatic rings. The van der Waals surface area contributed by atoms with E-state index in [4.69, 9.17) is 0 Å². The van der Waals surface area contributed by atoms with Crippen molar-refractivity contribution < 1.29 is 18.0 Å². The molecule has 130 valence electrons. The maximum absolute atomic E-state index is 12.5. The summed E-state index contributed by atoms with van der Waals surface area (Å²) in [5.74, 6) is -0.851.